The van der Waals surface area contributed by atoms with Crippen molar-refractivity contribution in [1.82, 2.24) is 4.31 Å². The summed E-state index contributed by atoms with van der Waals surface area (Å²) >= 11 is 0. The molecule has 1 N–H and O–H groups in total. The van der Waals surface area contributed by atoms with E-state index in [9.17, 15) is 8.42 Å². The van der Waals surface area contributed by atoms with Crippen LogP contribution in [-0.4, -0.2) is 42.8 Å². The predicted octanol–water partition coefficient (Wildman–Crippen LogP) is 0.963. The van der Waals surface area contributed by atoms with E-state index in [0.29, 0.717) is 18.9 Å². The molecule has 1 saturated carbocycles. The lowest BCUT2D eigenvalue weighted by atomic mass is 9.94. The third-order valence-electron chi connectivity index (χ3n) is 3.86. The lowest BCUT2D eigenvalue weighted by Gasteiger charge is -2.36. The molecule has 1 saturated heterocycles. The summed E-state index contributed by atoms with van der Waals surface area (Å²) in [6.07, 6.45) is 5.94. The first-order valence-corrected chi connectivity index (χ1v) is 7.86. The van der Waals surface area contributed by atoms with Crippen LogP contribution in [-0.2, 0) is 10.0 Å². The first kappa shape index (κ1) is 12.3. The fraction of sp³-hybridized carbons (Fsp3) is 1.00. The Hall–Kier alpha value is -0.130. The predicted molar refractivity (Wildman–Crippen MR) is 62.6 cm³/mol. The van der Waals surface area contributed by atoms with Crippen LogP contribution in [0.5, 0.6) is 0 Å². The number of hydrogen-bond donors (Lipinski definition) is 1. The Morgan fingerprint density at radius 1 is 1.19 bits per heavy atom. The van der Waals surface area contributed by atoms with Crippen LogP contribution in [0.3, 0.4) is 0 Å². The standard InChI is InChI=1S/C11H21NO3S/c13-8-3-9-16(14,15)12-7-2-5-10-4-1-6-11(10)12/h10-11,13H,1-9H2. The van der Waals surface area contributed by atoms with Crippen LogP contribution in [0, 0.1) is 5.92 Å². The molecule has 0 radical (unpaired) electrons. The van der Waals surface area contributed by atoms with Gasteiger partial charge in [0.2, 0.25) is 10.0 Å². The molecule has 0 spiro atoms. The zero-order valence-electron chi connectivity index (χ0n) is 9.64. The second kappa shape index (κ2) is 5.02. The molecule has 1 aliphatic heterocycles. The second-order valence-corrected chi connectivity index (χ2v) is 6.95. The van der Waals surface area contributed by atoms with Gasteiger partial charge in [0.1, 0.15) is 0 Å². The van der Waals surface area contributed by atoms with Gasteiger partial charge in [-0.2, -0.15) is 4.31 Å². The number of sulfonamides is 1. The van der Waals surface area contributed by atoms with Crippen molar-refractivity contribution in [2.45, 2.75) is 44.6 Å². The SMILES string of the molecule is O=S(=O)(CCCO)N1CCCC2CCCC21. The van der Waals surface area contributed by atoms with Crippen molar-refractivity contribution in [3.8, 4) is 0 Å². The quantitative estimate of drug-likeness (QED) is 0.805. The van der Waals surface area contributed by atoms with E-state index in [1.807, 2.05) is 0 Å². The molecule has 2 unspecified atom stereocenters. The van der Waals surface area contributed by atoms with Crippen molar-refractivity contribution in [1.29, 1.82) is 0 Å². The molecule has 1 aliphatic carbocycles. The van der Waals surface area contributed by atoms with Gasteiger partial charge in [-0.3, -0.25) is 0 Å². The number of piperidine rings is 1. The average Bonchev–Trinajstić information content (AvgIpc) is 2.73. The average molecular weight is 247 g/mol. The number of hydrogen-bond acceptors (Lipinski definition) is 3. The number of rotatable bonds is 4. The second-order valence-electron chi connectivity index (χ2n) is 4.90. The number of aliphatic hydroxyl groups excluding tert-OH is 1. The zero-order valence-corrected chi connectivity index (χ0v) is 10.5. The Bertz CT molecular complexity index is 328. The fourth-order valence-corrected chi connectivity index (χ4v) is 4.94. The van der Waals surface area contributed by atoms with E-state index in [2.05, 4.69) is 0 Å². The summed E-state index contributed by atoms with van der Waals surface area (Å²) in [6.45, 7) is 0.649. The van der Waals surface area contributed by atoms with Gasteiger partial charge in [-0.15, -0.1) is 0 Å². The molecule has 2 aliphatic rings. The van der Waals surface area contributed by atoms with E-state index in [0.717, 1.165) is 12.8 Å². The van der Waals surface area contributed by atoms with Crippen LogP contribution in [0.15, 0.2) is 0 Å². The van der Waals surface area contributed by atoms with Crippen molar-refractivity contribution in [3.05, 3.63) is 0 Å². The molecular weight excluding hydrogens is 226 g/mol. The highest BCUT2D eigenvalue weighted by Crippen LogP contribution is 2.38. The van der Waals surface area contributed by atoms with Crippen molar-refractivity contribution in [2.24, 2.45) is 5.92 Å². The molecular formula is C11H21NO3S. The number of aliphatic hydroxyl groups is 1. The molecule has 94 valence electrons. The largest absolute Gasteiger partial charge is 0.396 e. The van der Waals surface area contributed by atoms with Crippen LogP contribution in [0.4, 0.5) is 0 Å². The molecule has 1 heterocycles. The molecule has 2 atom stereocenters. The number of nitrogens with zero attached hydrogens (tertiary/aromatic N) is 1. The minimum Gasteiger partial charge on any atom is -0.396 e. The maximum atomic E-state index is 12.1. The summed E-state index contributed by atoms with van der Waals surface area (Å²) in [5, 5.41) is 8.73. The summed E-state index contributed by atoms with van der Waals surface area (Å²) in [6, 6.07) is 0.262. The summed E-state index contributed by atoms with van der Waals surface area (Å²) in [5.41, 5.74) is 0. The van der Waals surface area contributed by atoms with E-state index in [1.54, 1.807) is 4.31 Å². The minimum absolute atomic E-state index is 0.0405. The van der Waals surface area contributed by atoms with Crippen molar-refractivity contribution < 1.29 is 13.5 Å². The van der Waals surface area contributed by atoms with Crippen LogP contribution in [0.25, 0.3) is 0 Å². The normalized spacial score (nSPS) is 31.6. The maximum Gasteiger partial charge on any atom is 0.214 e. The van der Waals surface area contributed by atoms with Crippen LogP contribution >= 0.6 is 0 Å². The van der Waals surface area contributed by atoms with Gasteiger partial charge in [0, 0.05) is 19.2 Å². The highest BCUT2D eigenvalue weighted by atomic mass is 32.2. The molecule has 0 bridgehead atoms. The Kier molecular flexibility index (Phi) is 3.87. The van der Waals surface area contributed by atoms with E-state index in [-0.39, 0.29) is 18.4 Å². The maximum absolute atomic E-state index is 12.1. The Labute approximate surface area is 97.7 Å². The van der Waals surface area contributed by atoms with E-state index in [4.69, 9.17) is 5.11 Å². The van der Waals surface area contributed by atoms with Crippen LogP contribution < -0.4 is 0 Å². The Balaban J connectivity index is 2.07. The van der Waals surface area contributed by atoms with Crippen molar-refractivity contribution in [2.75, 3.05) is 18.9 Å². The molecule has 0 amide bonds. The van der Waals surface area contributed by atoms with E-state index in [1.165, 1.54) is 19.3 Å². The molecule has 0 aromatic heterocycles. The van der Waals surface area contributed by atoms with Crippen molar-refractivity contribution >= 4 is 10.0 Å². The molecule has 16 heavy (non-hydrogen) atoms. The van der Waals surface area contributed by atoms with Gasteiger partial charge in [0.25, 0.3) is 0 Å². The minimum atomic E-state index is -3.13. The van der Waals surface area contributed by atoms with Gasteiger partial charge in [-0.05, 0) is 38.0 Å². The first-order valence-electron chi connectivity index (χ1n) is 6.25. The third kappa shape index (κ3) is 2.41. The van der Waals surface area contributed by atoms with E-state index >= 15 is 0 Å². The molecule has 2 fully saturated rings. The van der Waals surface area contributed by atoms with E-state index < -0.39 is 10.0 Å². The zero-order chi connectivity index (χ0) is 11.6. The third-order valence-corrected chi connectivity index (χ3v) is 5.83. The highest BCUT2D eigenvalue weighted by molar-refractivity contribution is 7.89. The Morgan fingerprint density at radius 3 is 2.69 bits per heavy atom. The topological polar surface area (TPSA) is 57.6 Å². The molecule has 4 nitrogen and oxygen atoms in total. The monoisotopic (exact) mass is 247 g/mol. The summed E-state index contributed by atoms with van der Waals surface area (Å²) < 4.78 is 25.9. The van der Waals surface area contributed by atoms with Gasteiger partial charge in [-0.1, -0.05) is 6.42 Å². The fourth-order valence-electron chi connectivity index (χ4n) is 3.12. The molecule has 5 heteroatoms. The van der Waals surface area contributed by atoms with Gasteiger partial charge < -0.3 is 5.11 Å². The summed E-state index contributed by atoms with van der Waals surface area (Å²) in [5.74, 6) is 0.699. The first-order chi connectivity index (χ1) is 7.65. The van der Waals surface area contributed by atoms with Gasteiger partial charge in [-0.25, -0.2) is 8.42 Å². The van der Waals surface area contributed by atoms with Crippen LogP contribution in [0.2, 0.25) is 0 Å². The van der Waals surface area contributed by atoms with Gasteiger partial charge >= 0.3 is 0 Å². The lowest BCUT2D eigenvalue weighted by Crippen LogP contribution is -2.47. The summed E-state index contributed by atoms with van der Waals surface area (Å²) in [7, 11) is -3.13. The summed E-state index contributed by atoms with van der Waals surface area (Å²) in [4.78, 5) is 0. The molecule has 0 aromatic rings. The van der Waals surface area contributed by atoms with Crippen LogP contribution in [0.1, 0.15) is 38.5 Å². The molecule has 2 rings (SSSR count). The highest BCUT2D eigenvalue weighted by Gasteiger charge is 2.40. The van der Waals surface area contributed by atoms with Gasteiger partial charge in [0.05, 0.1) is 5.75 Å². The van der Waals surface area contributed by atoms with Gasteiger partial charge in [0.15, 0.2) is 0 Å². The lowest BCUT2D eigenvalue weighted by molar-refractivity contribution is 0.201. The number of fused-ring (bicyclic) bond motifs is 1. The Morgan fingerprint density at radius 2 is 1.94 bits per heavy atom. The smallest absolute Gasteiger partial charge is 0.214 e. The molecule has 0 aromatic carbocycles. The van der Waals surface area contributed by atoms with Crippen molar-refractivity contribution in [3.63, 3.8) is 0 Å².